The summed E-state index contributed by atoms with van der Waals surface area (Å²) >= 11 is 4.51. The van der Waals surface area contributed by atoms with Crippen LogP contribution in [-0.4, -0.2) is 5.91 Å². The molecule has 2 rings (SSSR count). The van der Waals surface area contributed by atoms with Crippen molar-refractivity contribution in [3.05, 3.63) is 60.2 Å². The molecule has 0 aliphatic heterocycles. The van der Waals surface area contributed by atoms with E-state index in [0.717, 1.165) is 14.8 Å². The molecule has 0 radical (unpaired) electrons. The third kappa shape index (κ3) is 3.68. The molecule has 0 heterocycles. The molecule has 4 heteroatoms. The van der Waals surface area contributed by atoms with Crippen LogP contribution < -0.4 is 5.32 Å². The molecule has 19 heavy (non-hydrogen) atoms. The number of amides is 1. The standard InChI is InChI=1S/C15H13I2NO/c1-9-7-14(10(2)6-13(9)17)18-15(19)11-4-3-5-12(16)8-11/h3-8H,1-2H3,(H,18,19). The molecule has 0 aliphatic carbocycles. The second kappa shape index (κ2) is 6.21. The number of nitrogens with one attached hydrogen (secondary N) is 1. The van der Waals surface area contributed by atoms with Crippen LogP contribution in [-0.2, 0) is 0 Å². The number of rotatable bonds is 2. The highest BCUT2D eigenvalue weighted by Gasteiger charge is 2.09. The van der Waals surface area contributed by atoms with Crippen LogP contribution in [0.1, 0.15) is 21.5 Å². The molecule has 2 aromatic rings. The maximum absolute atomic E-state index is 12.2. The highest BCUT2D eigenvalue weighted by atomic mass is 127. The Balaban J connectivity index is 2.27. The van der Waals surface area contributed by atoms with E-state index in [1.165, 1.54) is 9.13 Å². The molecular weight excluding hydrogens is 464 g/mol. The normalized spacial score (nSPS) is 10.3. The first kappa shape index (κ1) is 14.8. The molecular formula is C15H13I2NO. The molecule has 0 atom stereocenters. The Hall–Kier alpha value is -0.630. The number of benzene rings is 2. The Labute approximate surface area is 140 Å². The van der Waals surface area contributed by atoms with Crippen molar-refractivity contribution >= 4 is 56.8 Å². The van der Waals surface area contributed by atoms with Gasteiger partial charge < -0.3 is 5.32 Å². The van der Waals surface area contributed by atoms with Crippen LogP contribution in [0.5, 0.6) is 0 Å². The quantitative estimate of drug-likeness (QED) is 0.622. The van der Waals surface area contributed by atoms with Gasteiger partial charge in [0.05, 0.1) is 0 Å². The summed E-state index contributed by atoms with van der Waals surface area (Å²) in [5.41, 5.74) is 3.81. The summed E-state index contributed by atoms with van der Waals surface area (Å²) in [6.45, 7) is 4.05. The van der Waals surface area contributed by atoms with Crippen molar-refractivity contribution in [2.45, 2.75) is 13.8 Å². The first-order chi connectivity index (χ1) is 8.97. The van der Waals surface area contributed by atoms with Crippen molar-refractivity contribution in [2.24, 2.45) is 0 Å². The third-order valence-electron chi connectivity index (χ3n) is 2.84. The van der Waals surface area contributed by atoms with E-state index in [0.29, 0.717) is 5.56 Å². The van der Waals surface area contributed by atoms with Crippen LogP contribution in [0.3, 0.4) is 0 Å². The van der Waals surface area contributed by atoms with E-state index in [9.17, 15) is 4.79 Å². The van der Waals surface area contributed by atoms with E-state index in [1.54, 1.807) is 0 Å². The van der Waals surface area contributed by atoms with Gasteiger partial charge in [-0.3, -0.25) is 4.79 Å². The summed E-state index contributed by atoms with van der Waals surface area (Å²) in [6, 6.07) is 11.7. The molecule has 1 amide bonds. The number of carbonyl (C=O) groups excluding carboxylic acids is 1. The minimum Gasteiger partial charge on any atom is -0.322 e. The molecule has 0 bridgehead atoms. The van der Waals surface area contributed by atoms with E-state index in [4.69, 9.17) is 0 Å². The smallest absolute Gasteiger partial charge is 0.255 e. The monoisotopic (exact) mass is 477 g/mol. The minimum absolute atomic E-state index is 0.0674. The highest BCUT2D eigenvalue weighted by molar-refractivity contribution is 14.1. The van der Waals surface area contributed by atoms with Gasteiger partial charge in [-0.05, 0) is 100 Å². The number of hydrogen-bond donors (Lipinski definition) is 1. The van der Waals surface area contributed by atoms with Crippen molar-refractivity contribution < 1.29 is 4.79 Å². The van der Waals surface area contributed by atoms with E-state index in [-0.39, 0.29) is 5.91 Å². The zero-order chi connectivity index (χ0) is 14.0. The Kier molecular flexibility index (Phi) is 4.83. The number of hydrogen-bond acceptors (Lipinski definition) is 1. The summed E-state index contributed by atoms with van der Waals surface area (Å²) in [5.74, 6) is -0.0674. The van der Waals surface area contributed by atoms with Gasteiger partial charge >= 0.3 is 0 Å². The predicted octanol–water partition coefficient (Wildman–Crippen LogP) is 4.76. The summed E-state index contributed by atoms with van der Waals surface area (Å²) < 4.78 is 2.27. The maximum atomic E-state index is 12.2. The lowest BCUT2D eigenvalue weighted by atomic mass is 10.1. The van der Waals surface area contributed by atoms with Gasteiger partial charge in [0.2, 0.25) is 0 Å². The second-order valence-corrected chi connectivity index (χ2v) is 6.79. The van der Waals surface area contributed by atoms with Gasteiger partial charge in [-0.2, -0.15) is 0 Å². The molecule has 0 unspecified atom stereocenters. The number of carbonyl (C=O) groups is 1. The van der Waals surface area contributed by atoms with Gasteiger partial charge in [-0.1, -0.05) is 6.07 Å². The van der Waals surface area contributed by atoms with Gasteiger partial charge in [0.1, 0.15) is 0 Å². The van der Waals surface area contributed by atoms with E-state index in [1.807, 2.05) is 44.2 Å². The van der Waals surface area contributed by atoms with E-state index < -0.39 is 0 Å². The lowest BCUT2D eigenvalue weighted by Crippen LogP contribution is -2.13. The fourth-order valence-electron chi connectivity index (χ4n) is 1.74. The van der Waals surface area contributed by atoms with E-state index >= 15 is 0 Å². The predicted molar refractivity (Wildman–Crippen MR) is 95.7 cm³/mol. The van der Waals surface area contributed by atoms with Crippen LogP contribution >= 0.6 is 45.2 Å². The molecule has 0 aliphatic rings. The maximum Gasteiger partial charge on any atom is 0.255 e. The molecule has 0 aromatic heterocycles. The van der Waals surface area contributed by atoms with E-state index in [2.05, 4.69) is 56.6 Å². The Morgan fingerprint density at radius 2 is 1.79 bits per heavy atom. The van der Waals surface area contributed by atoms with Crippen LogP contribution in [0.25, 0.3) is 0 Å². The summed E-state index contributed by atoms with van der Waals surface area (Å²) in [6.07, 6.45) is 0. The van der Waals surface area contributed by atoms with Gasteiger partial charge in [0.15, 0.2) is 0 Å². The zero-order valence-electron chi connectivity index (χ0n) is 10.6. The van der Waals surface area contributed by atoms with Crippen LogP contribution in [0.4, 0.5) is 5.69 Å². The van der Waals surface area contributed by atoms with Crippen molar-refractivity contribution in [2.75, 3.05) is 5.32 Å². The lowest BCUT2D eigenvalue weighted by Gasteiger charge is -2.11. The Bertz CT molecular complexity index is 638. The molecule has 0 saturated carbocycles. The average molecular weight is 477 g/mol. The SMILES string of the molecule is Cc1cc(NC(=O)c2cccc(I)c2)c(C)cc1I. The van der Waals surface area contributed by atoms with Crippen molar-refractivity contribution in [1.82, 2.24) is 0 Å². The summed E-state index contributed by atoms with van der Waals surface area (Å²) in [4.78, 5) is 12.2. The first-order valence-electron chi connectivity index (χ1n) is 5.81. The topological polar surface area (TPSA) is 29.1 Å². The van der Waals surface area contributed by atoms with Crippen LogP contribution in [0.15, 0.2) is 36.4 Å². The second-order valence-electron chi connectivity index (χ2n) is 4.38. The number of aryl methyl sites for hydroxylation is 2. The Morgan fingerprint density at radius 3 is 2.47 bits per heavy atom. The number of anilines is 1. The van der Waals surface area contributed by atoms with Crippen molar-refractivity contribution in [1.29, 1.82) is 0 Å². The lowest BCUT2D eigenvalue weighted by molar-refractivity contribution is 0.102. The minimum atomic E-state index is -0.0674. The Morgan fingerprint density at radius 1 is 1.05 bits per heavy atom. The van der Waals surface area contributed by atoms with Gasteiger partial charge in [-0.25, -0.2) is 0 Å². The van der Waals surface area contributed by atoms with Crippen molar-refractivity contribution in [3.8, 4) is 0 Å². The molecule has 98 valence electrons. The summed E-state index contributed by atoms with van der Waals surface area (Å²) in [5, 5.41) is 2.98. The van der Waals surface area contributed by atoms with Gasteiger partial charge in [0, 0.05) is 18.4 Å². The zero-order valence-corrected chi connectivity index (χ0v) is 14.9. The molecule has 0 saturated heterocycles. The van der Waals surface area contributed by atoms with Crippen LogP contribution in [0.2, 0.25) is 0 Å². The fourth-order valence-corrected chi connectivity index (χ4v) is 2.91. The van der Waals surface area contributed by atoms with Gasteiger partial charge in [-0.15, -0.1) is 0 Å². The number of halogens is 2. The summed E-state index contributed by atoms with van der Waals surface area (Å²) in [7, 11) is 0. The highest BCUT2D eigenvalue weighted by Crippen LogP contribution is 2.22. The first-order valence-corrected chi connectivity index (χ1v) is 7.97. The van der Waals surface area contributed by atoms with Crippen molar-refractivity contribution in [3.63, 3.8) is 0 Å². The molecule has 2 aromatic carbocycles. The molecule has 0 spiro atoms. The van der Waals surface area contributed by atoms with Gasteiger partial charge in [0.25, 0.3) is 5.91 Å². The average Bonchev–Trinajstić information content (AvgIpc) is 2.36. The third-order valence-corrected chi connectivity index (χ3v) is 4.67. The molecule has 2 nitrogen and oxygen atoms in total. The molecule has 1 N–H and O–H groups in total. The largest absolute Gasteiger partial charge is 0.322 e. The molecule has 0 fully saturated rings. The fraction of sp³-hybridized carbons (Fsp3) is 0.133. The van der Waals surface area contributed by atoms with Crippen LogP contribution in [0, 0.1) is 21.0 Å².